The van der Waals surface area contributed by atoms with Crippen molar-refractivity contribution in [2.75, 3.05) is 17.7 Å². The zero-order valence-electron chi connectivity index (χ0n) is 17.5. The lowest BCUT2D eigenvalue weighted by atomic mass is 10.0. The number of carbonyl (C=O) groups is 2. The van der Waals surface area contributed by atoms with E-state index in [9.17, 15) is 9.59 Å². The van der Waals surface area contributed by atoms with Gasteiger partial charge in [-0.25, -0.2) is 4.79 Å². The summed E-state index contributed by atoms with van der Waals surface area (Å²) in [5, 5.41) is 17.9. The number of anilines is 2. The van der Waals surface area contributed by atoms with Crippen LogP contribution in [0.5, 0.6) is 5.75 Å². The second-order valence-electron chi connectivity index (χ2n) is 7.07. The second-order valence-corrected chi connectivity index (χ2v) is 8.90. The smallest absolute Gasteiger partial charge is 0.319 e. The van der Waals surface area contributed by atoms with Crippen molar-refractivity contribution in [3.63, 3.8) is 0 Å². The summed E-state index contributed by atoms with van der Waals surface area (Å²) in [5.41, 5.74) is 1.23. The number of rotatable bonds is 7. The number of methoxy groups -OCH3 is 1. The molecule has 0 saturated heterocycles. The third kappa shape index (κ3) is 6.09. The summed E-state index contributed by atoms with van der Waals surface area (Å²) in [5.74, 6) is 0.140. The Kier molecular flexibility index (Phi) is 7.89. The predicted molar refractivity (Wildman–Crippen MR) is 128 cm³/mol. The Morgan fingerprint density at radius 3 is 2.38 bits per heavy atom. The van der Waals surface area contributed by atoms with Crippen LogP contribution in [0.3, 0.4) is 0 Å². The number of nitrogens with one attached hydrogen (secondary N) is 3. The fraction of sp³-hybridized carbons (Fsp3) is 0.238. The Balaban J connectivity index is 1.64. The molecule has 1 heterocycles. The number of hydrogen-bond acceptors (Lipinski definition) is 6. The monoisotopic (exact) mass is 493 g/mol. The molecule has 11 heteroatoms. The van der Waals surface area contributed by atoms with E-state index >= 15 is 0 Å². The van der Waals surface area contributed by atoms with Gasteiger partial charge in [-0.15, -0.1) is 10.2 Å². The van der Waals surface area contributed by atoms with Crippen LogP contribution in [0.15, 0.2) is 42.5 Å². The van der Waals surface area contributed by atoms with E-state index < -0.39 is 18.0 Å². The highest BCUT2D eigenvalue weighted by Crippen LogP contribution is 2.28. The molecule has 3 rings (SSSR count). The first-order chi connectivity index (χ1) is 15.3. The van der Waals surface area contributed by atoms with Crippen molar-refractivity contribution in [3.8, 4) is 16.3 Å². The Morgan fingerprint density at radius 1 is 1.03 bits per heavy atom. The summed E-state index contributed by atoms with van der Waals surface area (Å²) in [6.45, 7) is 3.64. The van der Waals surface area contributed by atoms with Crippen LogP contribution in [-0.2, 0) is 4.79 Å². The lowest BCUT2D eigenvalue weighted by Gasteiger charge is -2.21. The molecule has 1 aromatic heterocycles. The average molecular weight is 494 g/mol. The van der Waals surface area contributed by atoms with Gasteiger partial charge in [0.05, 0.1) is 17.8 Å². The zero-order chi connectivity index (χ0) is 23.3. The minimum Gasteiger partial charge on any atom is -0.497 e. The molecular formula is C21H21Cl2N5O3S. The summed E-state index contributed by atoms with van der Waals surface area (Å²) in [4.78, 5) is 25.2. The molecule has 0 saturated carbocycles. The van der Waals surface area contributed by atoms with Crippen LogP contribution in [0.1, 0.15) is 13.8 Å². The first kappa shape index (κ1) is 23.8. The van der Waals surface area contributed by atoms with Crippen molar-refractivity contribution < 1.29 is 14.3 Å². The number of carbonyl (C=O) groups excluding carboxylic acids is 2. The fourth-order valence-corrected chi connectivity index (χ4v) is 3.94. The zero-order valence-corrected chi connectivity index (χ0v) is 19.8. The van der Waals surface area contributed by atoms with E-state index in [-0.39, 0.29) is 10.9 Å². The fourth-order valence-electron chi connectivity index (χ4n) is 2.73. The van der Waals surface area contributed by atoms with Crippen LogP contribution in [0.2, 0.25) is 10.0 Å². The SMILES string of the molecule is COc1ccc(-c2nnc(NC(=O)[C@@H](NC(=O)Nc3ccc(Cl)cc3Cl)C(C)C)s2)cc1. The van der Waals surface area contributed by atoms with Crippen molar-refractivity contribution in [1.29, 1.82) is 0 Å². The number of hydrogen-bond donors (Lipinski definition) is 3. The van der Waals surface area contributed by atoms with Gasteiger partial charge in [0.1, 0.15) is 16.8 Å². The maximum absolute atomic E-state index is 12.8. The van der Waals surface area contributed by atoms with Crippen LogP contribution >= 0.6 is 34.5 Å². The van der Waals surface area contributed by atoms with Gasteiger partial charge in [-0.1, -0.05) is 48.4 Å². The van der Waals surface area contributed by atoms with Gasteiger partial charge in [-0.3, -0.25) is 10.1 Å². The van der Waals surface area contributed by atoms with Crippen molar-refractivity contribution in [3.05, 3.63) is 52.5 Å². The molecule has 8 nitrogen and oxygen atoms in total. The van der Waals surface area contributed by atoms with Crippen LogP contribution in [0, 0.1) is 5.92 Å². The summed E-state index contributed by atoms with van der Waals surface area (Å²) < 4.78 is 5.15. The number of halogens is 2. The van der Waals surface area contributed by atoms with E-state index in [2.05, 4.69) is 26.1 Å². The molecule has 0 aliphatic rings. The number of aromatic nitrogens is 2. The Hall–Kier alpha value is -2.88. The molecule has 3 amide bonds. The van der Waals surface area contributed by atoms with Crippen molar-refractivity contribution >= 4 is 57.3 Å². The first-order valence-electron chi connectivity index (χ1n) is 9.58. The largest absolute Gasteiger partial charge is 0.497 e. The van der Waals surface area contributed by atoms with E-state index in [0.29, 0.717) is 20.8 Å². The van der Waals surface area contributed by atoms with E-state index in [1.54, 1.807) is 19.2 Å². The van der Waals surface area contributed by atoms with E-state index in [0.717, 1.165) is 11.3 Å². The molecule has 3 aromatic rings. The summed E-state index contributed by atoms with van der Waals surface area (Å²) in [6.07, 6.45) is 0. The van der Waals surface area contributed by atoms with Gasteiger partial charge >= 0.3 is 6.03 Å². The van der Waals surface area contributed by atoms with Crippen LogP contribution in [0.4, 0.5) is 15.6 Å². The molecule has 0 aliphatic carbocycles. The normalized spacial score (nSPS) is 11.7. The molecule has 0 fully saturated rings. The third-order valence-corrected chi connectivity index (χ3v) is 5.84. The molecule has 0 unspecified atom stereocenters. The number of ether oxygens (including phenoxy) is 1. The predicted octanol–water partition coefficient (Wildman–Crippen LogP) is 5.31. The number of urea groups is 1. The standard InChI is InChI=1S/C21H21Cl2N5O3S/c1-11(2)17(25-20(30)24-16-9-6-13(22)10-15(16)23)18(29)26-21-28-27-19(32-21)12-4-7-14(31-3)8-5-12/h4-11,17H,1-3H3,(H2,24,25,30)(H,26,28,29)/t17-/m0/s1. The van der Waals surface area contributed by atoms with Gasteiger partial charge in [0.2, 0.25) is 11.0 Å². The molecule has 0 spiro atoms. The highest BCUT2D eigenvalue weighted by Gasteiger charge is 2.25. The van der Waals surface area contributed by atoms with Gasteiger partial charge in [0.25, 0.3) is 0 Å². The van der Waals surface area contributed by atoms with Gasteiger partial charge < -0.3 is 15.4 Å². The lowest BCUT2D eigenvalue weighted by molar-refractivity contribution is -0.118. The molecule has 0 aliphatic heterocycles. The Bertz CT molecular complexity index is 1110. The lowest BCUT2D eigenvalue weighted by Crippen LogP contribution is -2.48. The minimum absolute atomic E-state index is 0.185. The average Bonchev–Trinajstić information content (AvgIpc) is 3.22. The highest BCUT2D eigenvalue weighted by atomic mass is 35.5. The minimum atomic E-state index is -0.811. The molecular weight excluding hydrogens is 473 g/mol. The molecule has 32 heavy (non-hydrogen) atoms. The van der Waals surface area contributed by atoms with Gasteiger partial charge in [0, 0.05) is 10.6 Å². The topological polar surface area (TPSA) is 105 Å². The third-order valence-electron chi connectivity index (χ3n) is 4.41. The maximum atomic E-state index is 12.8. The summed E-state index contributed by atoms with van der Waals surface area (Å²) in [6, 6.07) is 10.7. The van der Waals surface area contributed by atoms with Crippen LogP contribution in [-0.4, -0.2) is 35.3 Å². The maximum Gasteiger partial charge on any atom is 0.319 e. The van der Waals surface area contributed by atoms with Crippen molar-refractivity contribution in [1.82, 2.24) is 15.5 Å². The molecule has 168 valence electrons. The Morgan fingerprint density at radius 2 is 1.75 bits per heavy atom. The molecule has 3 N–H and O–H groups in total. The van der Waals surface area contributed by atoms with E-state index in [1.807, 2.05) is 38.1 Å². The number of amides is 3. The number of nitrogens with zero attached hydrogens (tertiary/aromatic N) is 2. The first-order valence-corrected chi connectivity index (χ1v) is 11.2. The number of benzene rings is 2. The van der Waals surface area contributed by atoms with Crippen molar-refractivity contribution in [2.45, 2.75) is 19.9 Å². The molecule has 1 atom stereocenters. The van der Waals surface area contributed by atoms with Crippen molar-refractivity contribution in [2.24, 2.45) is 5.92 Å². The second kappa shape index (κ2) is 10.6. The molecule has 0 bridgehead atoms. The quantitative estimate of drug-likeness (QED) is 0.413. The highest BCUT2D eigenvalue weighted by molar-refractivity contribution is 7.18. The summed E-state index contributed by atoms with van der Waals surface area (Å²) in [7, 11) is 1.59. The van der Waals surface area contributed by atoms with Gasteiger partial charge in [-0.05, 0) is 48.4 Å². The van der Waals surface area contributed by atoms with Gasteiger partial charge in [0.15, 0.2) is 0 Å². The molecule has 0 radical (unpaired) electrons. The molecule has 2 aromatic carbocycles. The van der Waals surface area contributed by atoms with E-state index in [4.69, 9.17) is 27.9 Å². The van der Waals surface area contributed by atoms with Crippen LogP contribution in [0.25, 0.3) is 10.6 Å². The van der Waals surface area contributed by atoms with Crippen LogP contribution < -0.4 is 20.7 Å². The summed E-state index contributed by atoms with van der Waals surface area (Å²) >= 11 is 13.2. The van der Waals surface area contributed by atoms with Gasteiger partial charge in [-0.2, -0.15) is 0 Å². The van der Waals surface area contributed by atoms with E-state index in [1.165, 1.54) is 17.4 Å². The Labute approximate surface area is 199 Å².